The molecule has 0 unspecified atom stereocenters. The van der Waals surface area contributed by atoms with Crippen LogP contribution < -0.4 is 21.7 Å². The number of benzene rings is 2. The molecule has 13 heteroatoms. The number of hydrogen-bond donors (Lipinski definition) is 4. The van der Waals surface area contributed by atoms with Crippen LogP contribution in [0.5, 0.6) is 0 Å². The van der Waals surface area contributed by atoms with Crippen molar-refractivity contribution in [2.45, 2.75) is 63.8 Å². The Kier molecular flexibility index (Phi) is 11.1. The average molecular weight is 596 g/mol. The number of nitrogens with zero attached hydrogens (tertiary/aromatic N) is 1. The second-order valence-electron chi connectivity index (χ2n) is 9.82. The van der Waals surface area contributed by atoms with Gasteiger partial charge in [0.1, 0.15) is 12.1 Å². The van der Waals surface area contributed by atoms with E-state index in [0.29, 0.717) is 10.7 Å². The molecule has 5 N–H and O–H groups in total. The molecule has 0 spiro atoms. The maximum atomic E-state index is 13.5. The highest BCUT2D eigenvalue weighted by Gasteiger charge is 2.36. The maximum Gasteiger partial charge on any atom is 0.390 e. The molecular weight excluding hydrogens is 563 g/mol. The number of carbonyl (C=O) groups excluding carboxylic acids is 4. The van der Waals surface area contributed by atoms with E-state index in [2.05, 4.69) is 16.0 Å². The number of hydrogen-bond acceptors (Lipinski definition) is 5. The van der Waals surface area contributed by atoms with Gasteiger partial charge in [0.2, 0.25) is 23.6 Å². The Morgan fingerprint density at radius 2 is 1.80 bits per heavy atom. The molecule has 0 bridgehead atoms. The molecule has 222 valence electrons. The summed E-state index contributed by atoms with van der Waals surface area (Å²) in [7, 11) is 0. The number of halogens is 4. The van der Waals surface area contributed by atoms with E-state index in [1.807, 2.05) is 18.2 Å². The van der Waals surface area contributed by atoms with Gasteiger partial charge in [-0.1, -0.05) is 35.9 Å². The highest BCUT2D eigenvalue weighted by Crippen LogP contribution is 2.25. The van der Waals surface area contributed by atoms with Gasteiger partial charge >= 0.3 is 6.18 Å². The smallest absolute Gasteiger partial charge is 0.356 e. The largest absolute Gasteiger partial charge is 0.390 e. The summed E-state index contributed by atoms with van der Waals surface area (Å²) in [6.45, 7) is 1.41. The van der Waals surface area contributed by atoms with Crippen LogP contribution in [0.1, 0.15) is 42.4 Å². The Morgan fingerprint density at radius 1 is 1.10 bits per heavy atom. The van der Waals surface area contributed by atoms with Crippen LogP contribution in [0.15, 0.2) is 42.5 Å². The molecule has 2 atom stereocenters. The van der Waals surface area contributed by atoms with Crippen molar-refractivity contribution in [3.8, 4) is 0 Å². The van der Waals surface area contributed by atoms with E-state index in [1.165, 1.54) is 4.90 Å². The van der Waals surface area contributed by atoms with Crippen LogP contribution >= 0.6 is 11.6 Å². The summed E-state index contributed by atoms with van der Waals surface area (Å²) < 4.78 is 37.0. The normalized spacial score (nSPS) is 15.5. The summed E-state index contributed by atoms with van der Waals surface area (Å²) in [6, 6.07) is 10.3. The molecule has 1 heterocycles. The lowest BCUT2D eigenvalue weighted by Gasteiger charge is -2.36. The van der Waals surface area contributed by atoms with E-state index in [4.69, 9.17) is 17.3 Å². The van der Waals surface area contributed by atoms with Gasteiger partial charge in [0.15, 0.2) is 0 Å². The third-order valence-electron chi connectivity index (χ3n) is 6.68. The Balaban J connectivity index is 1.70. The quantitative estimate of drug-likeness (QED) is 0.317. The van der Waals surface area contributed by atoms with Crippen molar-refractivity contribution in [1.82, 2.24) is 15.5 Å². The summed E-state index contributed by atoms with van der Waals surface area (Å²) in [4.78, 5) is 53.1. The fraction of sp³-hybridized carbons (Fsp3) is 0.429. The van der Waals surface area contributed by atoms with E-state index in [9.17, 15) is 32.3 Å². The molecule has 3 rings (SSSR count). The molecule has 4 amide bonds. The molecule has 0 fully saturated rings. The Labute approximate surface area is 241 Å². The second kappa shape index (κ2) is 14.3. The fourth-order valence-electron chi connectivity index (χ4n) is 4.47. The Morgan fingerprint density at radius 3 is 2.46 bits per heavy atom. The molecule has 2 aromatic carbocycles. The van der Waals surface area contributed by atoms with Crippen LogP contribution in [0.3, 0.4) is 0 Å². The molecule has 2 aromatic rings. The van der Waals surface area contributed by atoms with Gasteiger partial charge in [-0.2, -0.15) is 13.2 Å². The molecule has 0 saturated heterocycles. The Hall–Kier alpha value is -3.64. The number of rotatable bonds is 11. The molecule has 41 heavy (non-hydrogen) atoms. The molecule has 0 radical (unpaired) electrons. The summed E-state index contributed by atoms with van der Waals surface area (Å²) >= 11 is 6.06. The van der Waals surface area contributed by atoms with Crippen molar-refractivity contribution in [3.05, 3.63) is 64.2 Å². The first-order chi connectivity index (χ1) is 19.4. The van der Waals surface area contributed by atoms with Gasteiger partial charge in [-0.25, -0.2) is 0 Å². The topological polar surface area (TPSA) is 134 Å². The zero-order chi connectivity index (χ0) is 30.2. The summed E-state index contributed by atoms with van der Waals surface area (Å²) in [5, 5.41) is 8.16. The SMILES string of the molecule is Cc1cc(NC(=O)[C@H](CCN)NC(=O)[C@@H]2Cc3ccccc3CN2C(=O)CCC(=O)NCCC(F)(F)F)ccc1Cl. The van der Waals surface area contributed by atoms with E-state index in [1.54, 1.807) is 31.2 Å². The summed E-state index contributed by atoms with van der Waals surface area (Å²) in [6.07, 6.45) is -5.89. The van der Waals surface area contributed by atoms with E-state index < -0.39 is 54.9 Å². The number of nitrogens with two attached hydrogens (primary N) is 1. The maximum absolute atomic E-state index is 13.5. The van der Waals surface area contributed by atoms with Crippen molar-refractivity contribution < 1.29 is 32.3 Å². The van der Waals surface area contributed by atoms with Gasteiger partial charge in [-0.3, -0.25) is 19.2 Å². The molecule has 0 aromatic heterocycles. The lowest BCUT2D eigenvalue weighted by Crippen LogP contribution is -2.56. The third-order valence-corrected chi connectivity index (χ3v) is 7.11. The first kappa shape index (κ1) is 31.9. The van der Waals surface area contributed by atoms with Crippen molar-refractivity contribution in [3.63, 3.8) is 0 Å². The van der Waals surface area contributed by atoms with Crippen LogP contribution in [-0.4, -0.2) is 59.9 Å². The predicted molar refractivity (Wildman–Crippen MR) is 148 cm³/mol. The van der Waals surface area contributed by atoms with Gasteiger partial charge in [-0.05, 0) is 54.8 Å². The van der Waals surface area contributed by atoms with Crippen LogP contribution in [-0.2, 0) is 32.1 Å². The van der Waals surface area contributed by atoms with Crippen LogP contribution in [0.25, 0.3) is 0 Å². The van der Waals surface area contributed by atoms with Crippen molar-refractivity contribution in [2.24, 2.45) is 5.73 Å². The summed E-state index contributed by atoms with van der Waals surface area (Å²) in [5.74, 6) is -2.27. The third kappa shape index (κ3) is 9.46. The number of carbonyl (C=O) groups is 4. The summed E-state index contributed by atoms with van der Waals surface area (Å²) in [5.41, 5.74) is 8.65. The number of anilines is 1. The minimum Gasteiger partial charge on any atom is -0.356 e. The van der Waals surface area contributed by atoms with E-state index >= 15 is 0 Å². The van der Waals surface area contributed by atoms with Gasteiger partial charge in [-0.15, -0.1) is 0 Å². The van der Waals surface area contributed by atoms with Gasteiger partial charge in [0.25, 0.3) is 0 Å². The van der Waals surface area contributed by atoms with Crippen molar-refractivity contribution in [1.29, 1.82) is 0 Å². The molecule has 9 nitrogen and oxygen atoms in total. The Bertz CT molecular complexity index is 1270. The lowest BCUT2D eigenvalue weighted by atomic mass is 9.92. The molecular formula is C28H33ClF3N5O4. The van der Waals surface area contributed by atoms with Crippen LogP contribution in [0.2, 0.25) is 5.02 Å². The minimum absolute atomic E-state index is 0.0978. The number of fused-ring (bicyclic) bond motifs is 1. The van der Waals surface area contributed by atoms with E-state index in [0.717, 1.165) is 16.7 Å². The predicted octanol–water partition coefficient (Wildman–Crippen LogP) is 3.22. The number of amides is 4. The van der Waals surface area contributed by atoms with Crippen molar-refractivity contribution >= 4 is 40.9 Å². The highest BCUT2D eigenvalue weighted by atomic mass is 35.5. The number of alkyl halides is 3. The molecule has 1 aliphatic heterocycles. The molecule has 0 aliphatic carbocycles. The lowest BCUT2D eigenvalue weighted by molar-refractivity contribution is -0.143. The van der Waals surface area contributed by atoms with Crippen LogP contribution in [0, 0.1) is 6.92 Å². The van der Waals surface area contributed by atoms with Gasteiger partial charge in [0, 0.05) is 43.1 Å². The zero-order valence-corrected chi connectivity index (χ0v) is 23.3. The standard InChI is InChI=1S/C28H33ClF3N5O4/c1-17-14-20(6-7-21(17)29)35-26(40)22(10-12-33)36-27(41)23-15-18-4-2-3-5-19(18)16-37(23)25(39)9-8-24(38)34-13-11-28(30,31)32/h2-7,14,22-23H,8-13,15-16,33H2,1H3,(H,34,38)(H,35,40)(H,36,41)/t22-,23-/m0/s1. The van der Waals surface area contributed by atoms with Crippen LogP contribution in [0.4, 0.5) is 18.9 Å². The molecule has 1 aliphatic rings. The molecule has 0 saturated carbocycles. The van der Waals surface area contributed by atoms with Gasteiger partial charge in [0.05, 0.1) is 6.42 Å². The monoisotopic (exact) mass is 595 g/mol. The first-order valence-electron chi connectivity index (χ1n) is 13.1. The average Bonchev–Trinajstić information content (AvgIpc) is 2.92. The second-order valence-corrected chi connectivity index (χ2v) is 10.2. The zero-order valence-electron chi connectivity index (χ0n) is 22.5. The fourth-order valence-corrected chi connectivity index (χ4v) is 4.59. The number of aryl methyl sites for hydroxylation is 1. The highest BCUT2D eigenvalue weighted by molar-refractivity contribution is 6.31. The number of nitrogens with one attached hydrogen (secondary N) is 3. The van der Waals surface area contributed by atoms with E-state index in [-0.39, 0.29) is 38.8 Å². The first-order valence-corrected chi connectivity index (χ1v) is 13.5. The van der Waals surface area contributed by atoms with Gasteiger partial charge < -0.3 is 26.6 Å². The van der Waals surface area contributed by atoms with Crippen molar-refractivity contribution in [2.75, 3.05) is 18.4 Å². The minimum atomic E-state index is -4.41.